The summed E-state index contributed by atoms with van der Waals surface area (Å²) in [7, 11) is -2.23. The van der Waals surface area contributed by atoms with Crippen LogP contribution in [0, 0.1) is 0 Å². The molecule has 0 aliphatic carbocycles. The second kappa shape index (κ2) is 11.2. The first-order chi connectivity index (χ1) is 16.3. The summed E-state index contributed by atoms with van der Waals surface area (Å²) in [5.74, 6) is 0.473. The predicted octanol–water partition coefficient (Wildman–Crippen LogP) is 4.80. The molecule has 3 aromatic carbocycles. The number of anilines is 1. The summed E-state index contributed by atoms with van der Waals surface area (Å²) >= 11 is 0. The van der Waals surface area contributed by atoms with Crippen LogP contribution in [-0.2, 0) is 14.8 Å². The Kier molecular flexibility index (Phi) is 8.31. The highest BCUT2D eigenvalue weighted by Crippen LogP contribution is 2.29. The zero-order valence-electron chi connectivity index (χ0n) is 19.8. The van der Waals surface area contributed by atoms with E-state index < -0.39 is 22.0 Å². The van der Waals surface area contributed by atoms with Crippen LogP contribution in [0.25, 0.3) is 11.1 Å². The van der Waals surface area contributed by atoms with Crippen LogP contribution >= 0.6 is 0 Å². The Balaban J connectivity index is 1.74. The van der Waals surface area contributed by atoms with Gasteiger partial charge in [-0.15, -0.1) is 0 Å². The number of benzene rings is 3. The summed E-state index contributed by atoms with van der Waals surface area (Å²) in [6, 6.07) is 21.8. The molecule has 1 N–H and O–H groups in total. The molecule has 0 heterocycles. The molecule has 0 bridgehead atoms. The number of amides is 1. The van der Waals surface area contributed by atoms with Gasteiger partial charge in [0.05, 0.1) is 17.7 Å². The van der Waals surface area contributed by atoms with Crippen molar-refractivity contribution in [2.45, 2.75) is 31.8 Å². The lowest BCUT2D eigenvalue weighted by Crippen LogP contribution is -2.31. The molecule has 0 unspecified atom stereocenters. The van der Waals surface area contributed by atoms with Gasteiger partial charge in [0, 0.05) is 13.1 Å². The average molecular weight is 483 g/mol. The van der Waals surface area contributed by atoms with Crippen molar-refractivity contribution in [3.05, 3.63) is 72.8 Å². The van der Waals surface area contributed by atoms with Gasteiger partial charge in [-0.25, -0.2) is 8.42 Å². The second-order valence-corrected chi connectivity index (χ2v) is 9.53. The van der Waals surface area contributed by atoms with Gasteiger partial charge in [-0.05, 0) is 48.4 Å². The molecule has 7 nitrogen and oxygen atoms in total. The fraction of sp³-hybridized carbons (Fsp3) is 0.269. The van der Waals surface area contributed by atoms with Crippen molar-refractivity contribution in [1.29, 1.82) is 0 Å². The molecular weight excluding hydrogens is 452 g/mol. The maximum Gasteiger partial charge on any atom is 0.265 e. The third-order valence-electron chi connectivity index (χ3n) is 5.42. The lowest BCUT2D eigenvalue weighted by atomic mass is 10.1. The van der Waals surface area contributed by atoms with Gasteiger partial charge in [0.1, 0.15) is 11.5 Å². The fourth-order valence-electron chi connectivity index (χ4n) is 3.51. The third-order valence-corrected chi connectivity index (χ3v) is 7.46. The Morgan fingerprint density at radius 2 is 1.56 bits per heavy atom. The molecule has 0 fully saturated rings. The van der Waals surface area contributed by atoms with E-state index in [1.54, 1.807) is 20.8 Å². The molecule has 0 saturated heterocycles. The van der Waals surface area contributed by atoms with Crippen molar-refractivity contribution < 1.29 is 22.7 Å². The monoisotopic (exact) mass is 482 g/mol. The third kappa shape index (κ3) is 5.76. The van der Waals surface area contributed by atoms with Crippen molar-refractivity contribution >= 4 is 21.6 Å². The van der Waals surface area contributed by atoms with Gasteiger partial charge in [-0.3, -0.25) is 4.79 Å². The minimum atomic E-state index is -3.69. The van der Waals surface area contributed by atoms with Crippen LogP contribution in [0.2, 0.25) is 0 Å². The number of carbonyl (C=O) groups excluding carboxylic acids is 1. The van der Waals surface area contributed by atoms with E-state index in [0.717, 1.165) is 11.1 Å². The summed E-state index contributed by atoms with van der Waals surface area (Å²) in [5, 5.41) is 2.73. The number of nitrogens with zero attached hydrogens (tertiary/aromatic N) is 1. The van der Waals surface area contributed by atoms with Gasteiger partial charge in [-0.2, -0.15) is 4.31 Å². The normalized spacial score (nSPS) is 12.3. The largest absolute Gasteiger partial charge is 0.495 e. The van der Waals surface area contributed by atoms with Gasteiger partial charge >= 0.3 is 0 Å². The Labute approximate surface area is 201 Å². The van der Waals surface area contributed by atoms with E-state index in [4.69, 9.17) is 9.47 Å². The number of hydrogen-bond donors (Lipinski definition) is 1. The molecule has 0 aromatic heterocycles. The molecule has 0 spiro atoms. The Hall–Kier alpha value is -3.36. The number of hydrogen-bond acceptors (Lipinski definition) is 5. The van der Waals surface area contributed by atoms with Crippen LogP contribution in [0.15, 0.2) is 77.7 Å². The Morgan fingerprint density at radius 1 is 0.941 bits per heavy atom. The van der Waals surface area contributed by atoms with Gasteiger partial charge < -0.3 is 14.8 Å². The van der Waals surface area contributed by atoms with Crippen molar-refractivity contribution in [3.63, 3.8) is 0 Å². The SMILES string of the molecule is CCN(CC)S(=O)(=O)c1ccc(OC)c(NC(=O)[C@H](C)Oc2ccc(-c3ccccc3)cc2)c1. The number of ether oxygens (including phenoxy) is 2. The van der Waals surface area contributed by atoms with E-state index in [1.807, 2.05) is 54.6 Å². The van der Waals surface area contributed by atoms with Crippen LogP contribution in [0.4, 0.5) is 5.69 Å². The molecule has 1 amide bonds. The molecule has 1 atom stereocenters. The highest BCUT2D eigenvalue weighted by molar-refractivity contribution is 7.89. The van der Waals surface area contributed by atoms with Gasteiger partial charge in [0.25, 0.3) is 5.91 Å². The number of methoxy groups -OCH3 is 1. The zero-order chi connectivity index (χ0) is 24.7. The van der Waals surface area contributed by atoms with Crippen molar-refractivity contribution in [3.8, 4) is 22.6 Å². The van der Waals surface area contributed by atoms with Crippen LogP contribution in [0.3, 0.4) is 0 Å². The first-order valence-corrected chi connectivity index (χ1v) is 12.5. The summed E-state index contributed by atoms with van der Waals surface area (Å²) in [6.07, 6.45) is -0.824. The van der Waals surface area contributed by atoms with Gasteiger partial charge in [-0.1, -0.05) is 56.3 Å². The average Bonchev–Trinajstić information content (AvgIpc) is 2.85. The molecule has 8 heteroatoms. The van der Waals surface area contributed by atoms with Crippen molar-refractivity contribution in [2.75, 3.05) is 25.5 Å². The van der Waals surface area contributed by atoms with Crippen LogP contribution in [0.1, 0.15) is 20.8 Å². The fourth-order valence-corrected chi connectivity index (χ4v) is 4.99. The predicted molar refractivity (Wildman–Crippen MR) is 134 cm³/mol. The minimum Gasteiger partial charge on any atom is -0.495 e. The molecule has 3 rings (SSSR count). The summed E-state index contributed by atoms with van der Waals surface area (Å²) in [4.78, 5) is 12.9. The quantitative estimate of drug-likeness (QED) is 0.449. The van der Waals surface area contributed by atoms with Crippen molar-refractivity contribution in [2.24, 2.45) is 0 Å². The molecule has 3 aromatic rings. The lowest BCUT2D eigenvalue weighted by molar-refractivity contribution is -0.122. The highest BCUT2D eigenvalue weighted by Gasteiger charge is 2.24. The van der Waals surface area contributed by atoms with E-state index in [0.29, 0.717) is 24.6 Å². The van der Waals surface area contributed by atoms with Gasteiger partial charge in [0.2, 0.25) is 10.0 Å². The molecule has 180 valence electrons. The molecule has 0 radical (unpaired) electrons. The molecule has 0 aliphatic rings. The summed E-state index contributed by atoms with van der Waals surface area (Å²) < 4.78 is 38.2. The molecule has 34 heavy (non-hydrogen) atoms. The molecule has 0 saturated carbocycles. The van der Waals surface area contributed by atoms with Crippen molar-refractivity contribution in [1.82, 2.24) is 4.31 Å². The Morgan fingerprint density at radius 3 is 2.15 bits per heavy atom. The van der Waals surface area contributed by atoms with E-state index >= 15 is 0 Å². The highest BCUT2D eigenvalue weighted by atomic mass is 32.2. The Bertz CT molecular complexity index is 1210. The number of carbonyl (C=O) groups is 1. The van der Waals surface area contributed by atoms with Crippen LogP contribution in [0.5, 0.6) is 11.5 Å². The standard InChI is InChI=1S/C26H30N2O5S/c1-5-28(6-2)34(30,31)23-16-17-25(32-4)24(18-23)27-26(29)19(3)33-22-14-12-21(13-15-22)20-10-8-7-9-11-20/h7-19H,5-6H2,1-4H3,(H,27,29)/t19-/m0/s1. The maximum atomic E-state index is 12.9. The maximum absolute atomic E-state index is 12.9. The smallest absolute Gasteiger partial charge is 0.265 e. The first kappa shape index (κ1) is 25.3. The summed E-state index contributed by atoms with van der Waals surface area (Å²) in [5.41, 5.74) is 2.39. The zero-order valence-corrected chi connectivity index (χ0v) is 20.6. The lowest BCUT2D eigenvalue weighted by Gasteiger charge is -2.20. The first-order valence-electron chi connectivity index (χ1n) is 11.1. The van der Waals surface area contributed by atoms with E-state index in [9.17, 15) is 13.2 Å². The van der Waals surface area contributed by atoms with Crippen LogP contribution < -0.4 is 14.8 Å². The topological polar surface area (TPSA) is 84.9 Å². The number of nitrogens with one attached hydrogen (secondary N) is 1. The second-order valence-electron chi connectivity index (χ2n) is 7.59. The summed E-state index contributed by atoms with van der Waals surface area (Å²) in [6.45, 7) is 5.88. The van der Waals surface area contributed by atoms with E-state index in [2.05, 4.69) is 5.32 Å². The number of rotatable bonds is 10. The minimum absolute atomic E-state index is 0.0809. The van der Waals surface area contributed by atoms with E-state index in [1.165, 1.54) is 29.6 Å². The molecular formula is C26H30N2O5S. The number of sulfonamides is 1. The molecule has 0 aliphatic heterocycles. The van der Waals surface area contributed by atoms with Crippen LogP contribution in [-0.4, -0.2) is 44.9 Å². The van der Waals surface area contributed by atoms with Gasteiger partial charge in [0.15, 0.2) is 6.10 Å². The van der Waals surface area contributed by atoms with E-state index in [-0.39, 0.29) is 10.6 Å².